The second kappa shape index (κ2) is 7.69. The van der Waals surface area contributed by atoms with Gasteiger partial charge in [-0.3, -0.25) is 4.79 Å². The van der Waals surface area contributed by atoms with Crippen LogP contribution in [0.15, 0.2) is 4.52 Å². The largest absolute Gasteiger partial charge is 0.388 e. The average Bonchev–Trinajstić information content (AvgIpc) is 2.96. The minimum atomic E-state index is -0.654. The first kappa shape index (κ1) is 16.9. The summed E-state index contributed by atoms with van der Waals surface area (Å²) in [5, 5.41) is 16.9. The van der Waals surface area contributed by atoms with E-state index in [2.05, 4.69) is 15.5 Å². The summed E-state index contributed by atoms with van der Waals surface area (Å²) >= 11 is 0. The molecule has 0 spiro atoms. The molecule has 0 aromatic carbocycles. The van der Waals surface area contributed by atoms with Crippen molar-refractivity contribution in [2.24, 2.45) is 0 Å². The van der Waals surface area contributed by atoms with Crippen molar-refractivity contribution in [1.29, 1.82) is 0 Å². The Hall–Kier alpha value is -1.47. The number of ether oxygens (including phenoxy) is 1. The van der Waals surface area contributed by atoms with Crippen molar-refractivity contribution in [2.45, 2.75) is 70.1 Å². The Morgan fingerprint density at radius 3 is 2.91 bits per heavy atom. The maximum Gasteiger partial charge on any atom is 0.227 e. The van der Waals surface area contributed by atoms with Gasteiger partial charge in [0.2, 0.25) is 11.8 Å². The lowest BCUT2D eigenvalue weighted by Gasteiger charge is -2.34. The summed E-state index contributed by atoms with van der Waals surface area (Å²) in [7, 11) is 1.58. The number of amides is 1. The molecular formula is C15H25N3O4. The maximum absolute atomic E-state index is 12.0. The number of nitrogens with one attached hydrogen (secondary N) is 1. The quantitative estimate of drug-likeness (QED) is 0.818. The van der Waals surface area contributed by atoms with Gasteiger partial charge in [-0.15, -0.1) is 0 Å². The molecule has 2 rings (SSSR count). The van der Waals surface area contributed by atoms with Crippen LogP contribution in [0.5, 0.6) is 0 Å². The first-order chi connectivity index (χ1) is 10.5. The van der Waals surface area contributed by atoms with Crippen LogP contribution in [0.1, 0.15) is 57.2 Å². The molecule has 1 fully saturated rings. The number of carbonyl (C=O) groups excluding carboxylic acids is 1. The van der Waals surface area contributed by atoms with Gasteiger partial charge < -0.3 is 19.7 Å². The molecule has 1 aromatic heterocycles. The molecule has 124 valence electrons. The number of aryl methyl sites for hydroxylation is 1. The van der Waals surface area contributed by atoms with Crippen molar-refractivity contribution in [3.63, 3.8) is 0 Å². The number of aromatic nitrogens is 2. The van der Waals surface area contributed by atoms with Gasteiger partial charge in [0.25, 0.3) is 0 Å². The first-order valence-corrected chi connectivity index (χ1v) is 7.84. The zero-order valence-corrected chi connectivity index (χ0v) is 13.4. The number of carbonyl (C=O) groups is 1. The Labute approximate surface area is 130 Å². The molecule has 1 saturated carbocycles. The topological polar surface area (TPSA) is 97.5 Å². The highest BCUT2D eigenvalue weighted by Crippen LogP contribution is 2.21. The van der Waals surface area contributed by atoms with Crippen LogP contribution >= 0.6 is 0 Å². The van der Waals surface area contributed by atoms with E-state index in [0.717, 1.165) is 19.3 Å². The predicted octanol–water partition coefficient (Wildman–Crippen LogP) is 1.17. The predicted molar refractivity (Wildman–Crippen MR) is 79.3 cm³/mol. The van der Waals surface area contributed by atoms with Gasteiger partial charge in [-0.2, -0.15) is 4.98 Å². The van der Waals surface area contributed by atoms with Crippen molar-refractivity contribution in [3.8, 4) is 0 Å². The summed E-state index contributed by atoms with van der Waals surface area (Å²) in [5.74, 6) is 1.21. The number of hydrogen-bond acceptors (Lipinski definition) is 6. The zero-order valence-electron chi connectivity index (χ0n) is 13.4. The molecular weight excluding hydrogens is 286 g/mol. The zero-order chi connectivity index (χ0) is 16.1. The Morgan fingerprint density at radius 2 is 2.27 bits per heavy atom. The van der Waals surface area contributed by atoms with Gasteiger partial charge >= 0.3 is 0 Å². The van der Waals surface area contributed by atoms with Crippen LogP contribution in [0.2, 0.25) is 0 Å². The molecule has 3 atom stereocenters. The minimum Gasteiger partial charge on any atom is -0.388 e. The van der Waals surface area contributed by atoms with E-state index in [0.29, 0.717) is 18.1 Å². The molecule has 1 aliphatic rings. The summed E-state index contributed by atoms with van der Waals surface area (Å²) in [5.41, 5.74) is 0. The second-order valence-electron chi connectivity index (χ2n) is 6.07. The monoisotopic (exact) mass is 311 g/mol. The van der Waals surface area contributed by atoms with E-state index in [1.807, 2.05) is 13.8 Å². The van der Waals surface area contributed by atoms with Crippen LogP contribution in [0, 0.1) is 0 Å². The maximum atomic E-state index is 12.0. The van der Waals surface area contributed by atoms with E-state index in [1.54, 1.807) is 7.11 Å². The summed E-state index contributed by atoms with van der Waals surface area (Å²) < 4.78 is 10.3. The Balaban J connectivity index is 1.79. The molecule has 0 unspecified atom stereocenters. The van der Waals surface area contributed by atoms with E-state index in [9.17, 15) is 9.90 Å². The molecule has 0 aliphatic heterocycles. The number of nitrogens with zero attached hydrogens (tertiary/aromatic N) is 2. The van der Waals surface area contributed by atoms with Crippen molar-refractivity contribution in [2.75, 3.05) is 7.11 Å². The highest BCUT2D eigenvalue weighted by Gasteiger charge is 2.32. The second-order valence-corrected chi connectivity index (χ2v) is 6.07. The number of aliphatic hydroxyl groups is 1. The fourth-order valence-electron chi connectivity index (χ4n) is 2.66. The summed E-state index contributed by atoms with van der Waals surface area (Å²) in [4.78, 5) is 16.3. The van der Waals surface area contributed by atoms with Crippen LogP contribution < -0.4 is 5.32 Å². The van der Waals surface area contributed by atoms with Gasteiger partial charge in [0, 0.05) is 25.9 Å². The molecule has 1 amide bonds. The smallest absolute Gasteiger partial charge is 0.227 e. The highest BCUT2D eigenvalue weighted by atomic mass is 16.5. The average molecular weight is 311 g/mol. The molecule has 0 saturated heterocycles. The molecule has 7 heteroatoms. The van der Waals surface area contributed by atoms with Crippen molar-refractivity contribution < 1.29 is 19.2 Å². The third-order valence-corrected chi connectivity index (χ3v) is 4.01. The highest BCUT2D eigenvalue weighted by molar-refractivity contribution is 5.76. The number of methoxy groups -OCH3 is 1. The van der Waals surface area contributed by atoms with Crippen LogP contribution in [0.25, 0.3) is 0 Å². The number of aliphatic hydroxyl groups excluding tert-OH is 1. The van der Waals surface area contributed by atoms with Gasteiger partial charge in [-0.1, -0.05) is 19.0 Å². The van der Waals surface area contributed by atoms with Gasteiger partial charge in [0.1, 0.15) is 6.10 Å². The molecule has 2 N–H and O–H groups in total. The molecule has 22 heavy (non-hydrogen) atoms. The van der Waals surface area contributed by atoms with Gasteiger partial charge in [-0.25, -0.2) is 0 Å². The molecule has 0 radical (unpaired) electrons. The Bertz CT molecular complexity index is 489. The lowest BCUT2D eigenvalue weighted by atomic mass is 9.90. The summed E-state index contributed by atoms with van der Waals surface area (Å²) in [6.07, 6.45) is 2.33. The van der Waals surface area contributed by atoms with E-state index < -0.39 is 6.10 Å². The van der Waals surface area contributed by atoms with Crippen LogP contribution in [-0.4, -0.2) is 46.5 Å². The lowest BCUT2D eigenvalue weighted by molar-refractivity contribution is -0.125. The lowest BCUT2D eigenvalue weighted by Crippen LogP contribution is -2.51. The van der Waals surface area contributed by atoms with Crippen molar-refractivity contribution in [3.05, 3.63) is 11.7 Å². The van der Waals surface area contributed by atoms with Crippen LogP contribution in [0.3, 0.4) is 0 Å². The van der Waals surface area contributed by atoms with Crippen LogP contribution in [0.4, 0.5) is 0 Å². The fraction of sp³-hybridized carbons (Fsp3) is 0.800. The van der Waals surface area contributed by atoms with E-state index in [1.165, 1.54) is 0 Å². The fourth-order valence-corrected chi connectivity index (χ4v) is 2.66. The first-order valence-electron chi connectivity index (χ1n) is 7.84. The van der Waals surface area contributed by atoms with Gasteiger partial charge in [0.15, 0.2) is 5.82 Å². The third-order valence-electron chi connectivity index (χ3n) is 4.01. The van der Waals surface area contributed by atoms with Gasteiger partial charge in [0.05, 0.1) is 12.1 Å². The molecule has 1 heterocycles. The number of rotatable bonds is 6. The number of hydrogen-bond donors (Lipinski definition) is 2. The third kappa shape index (κ3) is 4.27. The van der Waals surface area contributed by atoms with Crippen molar-refractivity contribution in [1.82, 2.24) is 15.5 Å². The Morgan fingerprint density at radius 1 is 1.50 bits per heavy atom. The molecule has 0 bridgehead atoms. The van der Waals surface area contributed by atoms with Crippen molar-refractivity contribution >= 4 is 5.91 Å². The van der Waals surface area contributed by atoms with E-state index in [-0.39, 0.29) is 30.4 Å². The van der Waals surface area contributed by atoms with E-state index in [4.69, 9.17) is 9.26 Å². The van der Waals surface area contributed by atoms with Crippen LogP contribution in [-0.2, 0) is 16.0 Å². The van der Waals surface area contributed by atoms with E-state index >= 15 is 0 Å². The molecule has 1 aliphatic carbocycles. The minimum absolute atomic E-state index is 0.120. The SMILES string of the molecule is CO[C@@H]1CCC[C@@H](NC(=O)CCc2nc(C(C)C)no2)[C@H]1O. The standard InChI is InChI=1S/C15H25N3O4/c1-9(2)15-17-13(22-18-15)8-7-12(19)16-10-5-4-6-11(21-3)14(10)20/h9-11,14,20H,4-8H2,1-3H3,(H,16,19)/t10-,11-,14-/m1/s1. The summed E-state index contributed by atoms with van der Waals surface area (Å²) in [6.45, 7) is 3.97. The molecule has 1 aromatic rings. The Kier molecular flexibility index (Phi) is 5.90. The summed E-state index contributed by atoms with van der Waals surface area (Å²) in [6, 6.07) is -0.250. The van der Waals surface area contributed by atoms with Gasteiger partial charge in [-0.05, 0) is 19.3 Å². The normalized spacial score (nSPS) is 25.4. The molecule has 7 nitrogen and oxygen atoms in total.